The van der Waals surface area contributed by atoms with Crippen LogP contribution in [0.25, 0.3) is 10.2 Å². The molecule has 0 radical (unpaired) electrons. The number of nitrogens with zero attached hydrogens (tertiary/aromatic N) is 2. The van der Waals surface area contributed by atoms with Crippen molar-refractivity contribution < 1.29 is 0 Å². The van der Waals surface area contributed by atoms with E-state index < -0.39 is 0 Å². The Morgan fingerprint density at radius 1 is 1.26 bits per heavy atom. The van der Waals surface area contributed by atoms with Crippen LogP contribution in [0.1, 0.15) is 40.0 Å². The molecule has 2 aromatic heterocycles. The minimum absolute atomic E-state index is 0.312. The minimum atomic E-state index is 0.312. The highest BCUT2D eigenvalue weighted by molar-refractivity contribution is 7.16. The van der Waals surface area contributed by atoms with Gasteiger partial charge in [0, 0.05) is 6.04 Å². The van der Waals surface area contributed by atoms with Crippen molar-refractivity contribution in [1.82, 2.24) is 9.97 Å². The van der Waals surface area contributed by atoms with Gasteiger partial charge in [-0.15, -0.1) is 11.3 Å². The lowest BCUT2D eigenvalue weighted by molar-refractivity contribution is 0.520. The van der Waals surface area contributed by atoms with Crippen LogP contribution in [-0.2, 0) is 0 Å². The quantitative estimate of drug-likeness (QED) is 0.765. The second-order valence-corrected chi connectivity index (χ2v) is 6.58. The first-order valence-corrected chi connectivity index (χ1v) is 7.99. The van der Waals surface area contributed by atoms with E-state index in [1.165, 1.54) is 12.8 Å². The lowest BCUT2D eigenvalue weighted by atomic mass is 10.0. The van der Waals surface area contributed by atoms with Crippen molar-refractivity contribution in [2.24, 2.45) is 5.92 Å². The Hall–Kier alpha value is -0.870. The average molecular weight is 298 g/mol. The third-order valence-corrected chi connectivity index (χ3v) is 4.08. The van der Waals surface area contributed by atoms with Crippen molar-refractivity contribution in [3.05, 3.63) is 16.7 Å². The van der Waals surface area contributed by atoms with Crippen molar-refractivity contribution in [3.63, 3.8) is 0 Å². The molecule has 104 valence electrons. The smallest absolute Gasteiger partial charge is 0.225 e. The topological polar surface area (TPSA) is 37.8 Å². The van der Waals surface area contributed by atoms with E-state index in [1.54, 1.807) is 11.3 Å². The van der Waals surface area contributed by atoms with Gasteiger partial charge in [-0.05, 0) is 42.3 Å². The average Bonchev–Trinajstić information content (AvgIpc) is 2.76. The first kappa shape index (κ1) is 14.5. The van der Waals surface area contributed by atoms with Crippen LogP contribution in [-0.4, -0.2) is 16.0 Å². The fourth-order valence-corrected chi connectivity index (χ4v) is 3.06. The Labute approximate surface area is 123 Å². The fraction of sp³-hybridized carbons (Fsp3) is 0.571. The number of hydrogen-bond acceptors (Lipinski definition) is 4. The van der Waals surface area contributed by atoms with Gasteiger partial charge in [0.05, 0.1) is 5.39 Å². The summed E-state index contributed by atoms with van der Waals surface area (Å²) in [4.78, 5) is 9.47. The standard InChI is InChI=1S/C14H20ClN3S/c1-9(2)5-4-6-10(3)16-12-11-7-8-19-13(11)18-14(15)17-12/h7-10H,4-6H2,1-3H3,(H,16,17,18). The third kappa shape index (κ3) is 4.05. The summed E-state index contributed by atoms with van der Waals surface area (Å²) in [6, 6.07) is 2.44. The van der Waals surface area contributed by atoms with E-state index in [2.05, 4.69) is 36.1 Å². The molecule has 1 unspecified atom stereocenters. The predicted molar refractivity (Wildman–Crippen MR) is 84.2 cm³/mol. The summed E-state index contributed by atoms with van der Waals surface area (Å²) < 4.78 is 0. The summed E-state index contributed by atoms with van der Waals surface area (Å²) in [6.45, 7) is 6.71. The second kappa shape index (κ2) is 6.53. The normalized spacial score (nSPS) is 13.1. The summed E-state index contributed by atoms with van der Waals surface area (Å²) >= 11 is 7.54. The van der Waals surface area contributed by atoms with Gasteiger partial charge in [0.1, 0.15) is 10.6 Å². The molecule has 2 heterocycles. The van der Waals surface area contributed by atoms with Crippen LogP contribution in [0.4, 0.5) is 5.82 Å². The highest BCUT2D eigenvalue weighted by Gasteiger charge is 2.10. The second-order valence-electron chi connectivity index (χ2n) is 5.35. The molecule has 0 aliphatic carbocycles. The Morgan fingerprint density at radius 3 is 2.79 bits per heavy atom. The van der Waals surface area contributed by atoms with Crippen molar-refractivity contribution in [3.8, 4) is 0 Å². The van der Waals surface area contributed by atoms with E-state index >= 15 is 0 Å². The van der Waals surface area contributed by atoms with E-state index in [9.17, 15) is 0 Å². The first-order valence-electron chi connectivity index (χ1n) is 6.73. The molecule has 0 fully saturated rings. The zero-order valence-electron chi connectivity index (χ0n) is 11.6. The molecule has 3 nitrogen and oxygen atoms in total. The molecule has 0 aromatic carbocycles. The molecule has 2 aromatic rings. The van der Waals surface area contributed by atoms with E-state index in [0.717, 1.165) is 28.4 Å². The van der Waals surface area contributed by atoms with Crippen LogP contribution in [0.15, 0.2) is 11.4 Å². The molecule has 0 saturated heterocycles. The molecule has 0 amide bonds. The van der Waals surface area contributed by atoms with Gasteiger partial charge in [0.25, 0.3) is 0 Å². The maximum atomic E-state index is 5.95. The monoisotopic (exact) mass is 297 g/mol. The van der Waals surface area contributed by atoms with Gasteiger partial charge in [0.2, 0.25) is 5.28 Å². The summed E-state index contributed by atoms with van der Waals surface area (Å²) in [6.07, 6.45) is 3.65. The number of aromatic nitrogens is 2. The van der Waals surface area contributed by atoms with Gasteiger partial charge in [-0.3, -0.25) is 0 Å². The van der Waals surface area contributed by atoms with E-state index in [0.29, 0.717) is 11.3 Å². The van der Waals surface area contributed by atoms with Gasteiger partial charge >= 0.3 is 0 Å². The number of thiophene rings is 1. The molecule has 0 spiro atoms. The summed E-state index contributed by atoms with van der Waals surface area (Å²) in [5.74, 6) is 1.62. The molecule has 19 heavy (non-hydrogen) atoms. The van der Waals surface area contributed by atoms with Crippen LogP contribution < -0.4 is 5.32 Å². The predicted octanol–water partition coefficient (Wildman–Crippen LogP) is 4.97. The highest BCUT2D eigenvalue weighted by atomic mass is 35.5. The van der Waals surface area contributed by atoms with Crippen molar-refractivity contribution in [1.29, 1.82) is 0 Å². The van der Waals surface area contributed by atoms with E-state index in [-0.39, 0.29) is 0 Å². The Kier molecular flexibility index (Phi) is 4.99. The maximum Gasteiger partial charge on any atom is 0.225 e. The summed E-state index contributed by atoms with van der Waals surface area (Å²) in [7, 11) is 0. The Morgan fingerprint density at radius 2 is 2.05 bits per heavy atom. The largest absolute Gasteiger partial charge is 0.367 e. The van der Waals surface area contributed by atoms with Crippen molar-refractivity contribution >= 4 is 39.0 Å². The van der Waals surface area contributed by atoms with Crippen molar-refractivity contribution in [2.75, 3.05) is 5.32 Å². The number of nitrogens with one attached hydrogen (secondary N) is 1. The molecule has 0 bridgehead atoms. The van der Waals surface area contributed by atoms with E-state index in [4.69, 9.17) is 11.6 Å². The van der Waals surface area contributed by atoms with Gasteiger partial charge in [-0.25, -0.2) is 9.97 Å². The zero-order chi connectivity index (χ0) is 13.8. The molecule has 5 heteroatoms. The summed E-state index contributed by atoms with van der Waals surface area (Å²) in [5.41, 5.74) is 0. The van der Waals surface area contributed by atoms with Crippen LogP contribution in [0, 0.1) is 5.92 Å². The number of rotatable bonds is 6. The minimum Gasteiger partial charge on any atom is -0.367 e. The molecular formula is C14H20ClN3S. The Bertz CT molecular complexity index is 538. The lowest BCUT2D eigenvalue weighted by Gasteiger charge is -2.15. The molecule has 1 N–H and O–H groups in total. The van der Waals surface area contributed by atoms with E-state index in [1.807, 2.05) is 11.4 Å². The molecular weight excluding hydrogens is 278 g/mol. The number of hydrogen-bond donors (Lipinski definition) is 1. The van der Waals surface area contributed by atoms with Crippen LogP contribution in [0.5, 0.6) is 0 Å². The van der Waals surface area contributed by atoms with Gasteiger partial charge in [0.15, 0.2) is 0 Å². The molecule has 1 atom stereocenters. The van der Waals surface area contributed by atoms with Crippen LogP contribution in [0.3, 0.4) is 0 Å². The van der Waals surface area contributed by atoms with Gasteiger partial charge in [-0.1, -0.05) is 26.7 Å². The molecule has 0 aliphatic heterocycles. The zero-order valence-corrected chi connectivity index (χ0v) is 13.2. The fourth-order valence-electron chi connectivity index (χ4n) is 2.08. The highest BCUT2D eigenvalue weighted by Crippen LogP contribution is 2.27. The SMILES string of the molecule is CC(C)CCCC(C)Nc1nc(Cl)nc2sccc12. The first-order chi connectivity index (χ1) is 9.06. The lowest BCUT2D eigenvalue weighted by Crippen LogP contribution is -2.16. The van der Waals surface area contributed by atoms with Gasteiger partial charge in [-0.2, -0.15) is 0 Å². The van der Waals surface area contributed by atoms with Gasteiger partial charge < -0.3 is 5.32 Å². The maximum absolute atomic E-state index is 5.95. The molecule has 0 saturated carbocycles. The molecule has 0 aliphatic rings. The molecule has 2 rings (SSSR count). The van der Waals surface area contributed by atoms with Crippen LogP contribution in [0.2, 0.25) is 5.28 Å². The number of anilines is 1. The number of fused-ring (bicyclic) bond motifs is 1. The van der Waals surface area contributed by atoms with Crippen molar-refractivity contribution in [2.45, 2.75) is 46.1 Å². The Balaban J connectivity index is 2.02. The third-order valence-electron chi connectivity index (χ3n) is 3.10. The summed E-state index contributed by atoms with van der Waals surface area (Å²) in [5, 5.41) is 6.85. The van der Waals surface area contributed by atoms with Crippen LogP contribution >= 0.6 is 22.9 Å². The number of halogens is 1.